The van der Waals surface area contributed by atoms with Crippen molar-refractivity contribution in [3.63, 3.8) is 0 Å². The number of rotatable bonds is 5. The molecule has 128 valence electrons. The van der Waals surface area contributed by atoms with Crippen molar-refractivity contribution in [3.05, 3.63) is 47.0 Å². The first-order valence-corrected chi connectivity index (χ1v) is 8.69. The highest BCUT2D eigenvalue weighted by molar-refractivity contribution is 5.73. The third-order valence-corrected chi connectivity index (χ3v) is 4.56. The first-order valence-electron chi connectivity index (χ1n) is 8.69. The Morgan fingerprint density at radius 3 is 2.50 bits per heavy atom. The zero-order valence-corrected chi connectivity index (χ0v) is 14.1. The van der Waals surface area contributed by atoms with Crippen molar-refractivity contribution in [1.29, 1.82) is 0 Å². The standard InChI is InChI=1S/C18H25N5O/c1-13-21-17(23-22-13)12-20-18(24)19-11-14-7-9-16(10-8-14)15-5-3-2-4-6-15/h7-10,15H,2-6,11-12H2,1H3,(H2,19,20,24)(H,21,22,23). The largest absolute Gasteiger partial charge is 0.334 e. The van der Waals surface area contributed by atoms with E-state index >= 15 is 0 Å². The van der Waals surface area contributed by atoms with Gasteiger partial charge in [-0.1, -0.05) is 43.5 Å². The van der Waals surface area contributed by atoms with Crippen LogP contribution in [0.2, 0.25) is 0 Å². The van der Waals surface area contributed by atoms with Gasteiger partial charge in [-0.3, -0.25) is 5.10 Å². The Bertz CT molecular complexity index is 658. The number of nitrogens with one attached hydrogen (secondary N) is 3. The Balaban J connectivity index is 1.43. The van der Waals surface area contributed by atoms with Crippen LogP contribution in [-0.2, 0) is 13.1 Å². The van der Waals surface area contributed by atoms with Crippen LogP contribution in [0, 0.1) is 6.92 Å². The van der Waals surface area contributed by atoms with Gasteiger partial charge in [-0.15, -0.1) is 0 Å². The molecule has 0 unspecified atom stereocenters. The molecule has 3 N–H and O–H groups in total. The summed E-state index contributed by atoms with van der Waals surface area (Å²) in [6, 6.07) is 8.43. The number of aryl methyl sites for hydroxylation is 1. The van der Waals surface area contributed by atoms with Crippen molar-refractivity contribution in [2.45, 2.75) is 58.0 Å². The quantitative estimate of drug-likeness (QED) is 0.789. The van der Waals surface area contributed by atoms with E-state index in [2.05, 4.69) is 50.1 Å². The number of aromatic amines is 1. The van der Waals surface area contributed by atoms with Crippen LogP contribution in [0.1, 0.15) is 60.8 Å². The number of carbonyl (C=O) groups is 1. The molecular formula is C18H25N5O. The third kappa shape index (κ3) is 4.57. The van der Waals surface area contributed by atoms with Gasteiger partial charge in [0.05, 0.1) is 6.54 Å². The van der Waals surface area contributed by atoms with Crippen LogP contribution in [0.5, 0.6) is 0 Å². The number of amides is 2. The molecule has 0 aliphatic heterocycles. The molecule has 0 spiro atoms. The summed E-state index contributed by atoms with van der Waals surface area (Å²) >= 11 is 0. The SMILES string of the molecule is Cc1nc(CNC(=O)NCc2ccc(C3CCCCC3)cc2)n[nH]1. The summed E-state index contributed by atoms with van der Waals surface area (Å²) in [7, 11) is 0. The zero-order valence-electron chi connectivity index (χ0n) is 14.1. The molecule has 1 heterocycles. The lowest BCUT2D eigenvalue weighted by Crippen LogP contribution is -2.34. The number of hydrogen-bond donors (Lipinski definition) is 3. The van der Waals surface area contributed by atoms with Crippen LogP contribution >= 0.6 is 0 Å². The van der Waals surface area contributed by atoms with E-state index in [4.69, 9.17) is 0 Å². The molecule has 0 bridgehead atoms. The van der Waals surface area contributed by atoms with Crippen molar-refractivity contribution in [1.82, 2.24) is 25.8 Å². The summed E-state index contributed by atoms with van der Waals surface area (Å²) in [5, 5.41) is 12.3. The normalized spacial score (nSPS) is 15.2. The maximum Gasteiger partial charge on any atom is 0.315 e. The Kier molecular flexibility index (Phi) is 5.46. The number of hydrogen-bond acceptors (Lipinski definition) is 3. The van der Waals surface area contributed by atoms with E-state index in [-0.39, 0.29) is 6.03 Å². The van der Waals surface area contributed by atoms with Gasteiger partial charge in [0.1, 0.15) is 5.82 Å². The molecule has 1 saturated carbocycles. The lowest BCUT2D eigenvalue weighted by atomic mass is 9.84. The van der Waals surface area contributed by atoms with Crippen LogP contribution in [0.25, 0.3) is 0 Å². The summed E-state index contributed by atoms with van der Waals surface area (Å²) in [4.78, 5) is 16.0. The fourth-order valence-corrected chi connectivity index (χ4v) is 3.22. The van der Waals surface area contributed by atoms with Gasteiger partial charge in [-0.25, -0.2) is 9.78 Å². The van der Waals surface area contributed by atoms with Gasteiger partial charge in [0.2, 0.25) is 0 Å². The monoisotopic (exact) mass is 327 g/mol. The molecule has 2 amide bonds. The molecule has 2 aromatic rings. The second-order valence-electron chi connectivity index (χ2n) is 6.45. The fraction of sp³-hybridized carbons (Fsp3) is 0.500. The number of nitrogens with zero attached hydrogens (tertiary/aromatic N) is 2. The highest BCUT2D eigenvalue weighted by Crippen LogP contribution is 2.32. The van der Waals surface area contributed by atoms with Gasteiger partial charge in [0, 0.05) is 6.54 Å². The predicted octanol–water partition coefficient (Wildman–Crippen LogP) is 3.16. The van der Waals surface area contributed by atoms with Crippen LogP contribution in [0.4, 0.5) is 4.79 Å². The van der Waals surface area contributed by atoms with Crippen molar-refractivity contribution in [2.75, 3.05) is 0 Å². The van der Waals surface area contributed by atoms with Gasteiger partial charge in [0.25, 0.3) is 0 Å². The van der Waals surface area contributed by atoms with E-state index < -0.39 is 0 Å². The summed E-state index contributed by atoms with van der Waals surface area (Å²) in [6.07, 6.45) is 6.68. The molecule has 0 radical (unpaired) electrons. The number of aromatic nitrogens is 3. The highest BCUT2D eigenvalue weighted by Gasteiger charge is 2.15. The molecule has 1 aromatic carbocycles. The van der Waals surface area contributed by atoms with Crippen molar-refractivity contribution in [3.8, 4) is 0 Å². The van der Waals surface area contributed by atoms with Crippen LogP contribution in [0.15, 0.2) is 24.3 Å². The van der Waals surface area contributed by atoms with E-state index in [1.54, 1.807) is 0 Å². The maximum atomic E-state index is 11.8. The Labute approximate surface area is 142 Å². The van der Waals surface area contributed by atoms with Gasteiger partial charge in [0.15, 0.2) is 5.82 Å². The molecule has 0 saturated heterocycles. The van der Waals surface area contributed by atoms with Gasteiger partial charge >= 0.3 is 6.03 Å². The first-order chi connectivity index (χ1) is 11.7. The maximum absolute atomic E-state index is 11.8. The minimum atomic E-state index is -0.214. The van der Waals surface area contributed by atoms with Crippen molar-refractivity contribution in [2.24, 2.45) is 0 Å². The average Bonchev–Trinajstić information content (AvgIpc) is 3.05. The molecule has 1 aliphatic rings. The van der Waals surface area contributed by atoms with Gasteiger partial charge in [-0.2, -0.15) is 5.10 Å². The van der Waals surface area contributed by atoms with E-state index in [1.807, 2.05) is 6.92 Å². The lowest BCUT2D eigenvalue weighted by molar-refractivity contribution is 0.240. The van der Waals surface area contributed by atoms with Crippen LogP contribution in [-0.4, -0.2) is 21.2 Å². The first kappa shape index (κ1) is 16.5. The van der Waals surface area contributed by atoms with E-state index in [1.165, 1.54) is 37.7 Å². The molecular weight excluding hydrogens is 302 g/mol. The number of carbonyl (C=O) groups excluding carboxylic acids is 1. The Morgan fingerprint density at radius 2 is 1.83 bits per heavy atom. The lowest BCUT2D eigenvalue weighted by Gasteiger charge is -2.22. The molecule has 1 aromatic heterocycles. The van der Waals surface area contributed by atoms with Gasteiger partial charge < -0.3 is 10.6 Å². The number of benzene rings is 1. The number of urea groups is 1. The predicted molar refractivity (Wildman–Crippen MR) is 92.5 cm³/mol. The molecule has 6 heteroatoms. The minimum absolute atomic E-state index is 0.214. The molecule has 6 nitrogen and oxygen atoms in total. The van der Waals surface area contributed by atoms with E-state index in [0.717, 1.165) is 11.4 Å². The molecule has 3 rings (SSSR count). The zero-order chi connectivity index (χ0) is 16.8. The third-order valence-electron chi connectivity index (χ3n) is 4.56. The minimum Gasteiger partial charge on any atom is -0.334 e. The average molecular weight is 327 g/mol. The molecule has 0 atom stereocenters. The van der Waals surface area contributed by atoms with Gasteiger partial charge in [-0.05, 0) is 36.8 Å². The second kappa shape index (κ2) is 7.95. The highest BCUT2D eigenvalue weighted by atomic mass is 16.2. The fourth-order valence-electron chi connectivity index (χ4n) is 3.22. The topological polar surface area (TPSA) is 82.7 Å². The molecule has 1 aliphatic carbocycles. The van der Waals surface area contributed by atoms with Crippen molar-refractivity contribution >= 4 is 6.03 Å². The summed E-state index contributed by atoms with van der Waals surface area (Å²) in [5.74, 6) is 2.04. The second-order valence-corrected chi connectivity index (χ2v) is 6.45. The molecule has 1 fully saturated rings. The summed E-state index contributed by atoms with van der Waals surface area (Å²) in [5.41, 5.74) is 2.54. The smallest absolute Gasteiger partial charge is 0.315 e. The van der Waals surface area contributed by atoms with E-state index in [9.17, 15) is 4.79 Å². The Morgan fingerprint density at radius 1 is 1.12 bits per heavy atom. The summed E-state index contributed by atoms with van der Waals surface area (Å²) < 4.78 is 0. The summed E-state index contributed by atoms with van der Waals surface area (Å²) in [6.45, 7) is 2.66. The van der Waals surface area contributed by atoms with Crippen LogP contribution < -0.4 is 10.6 Å². The van der Waals surface area contributed by atoms with Crippen LogP contribution in [0.3, 0.4) is 0 Å². The number of H-pyrrole nitrogens is 1. The van der Waals surface area contributed by atoms with E-state index in [0.29, 0.717) is 24.8 Å². The van der Waals surface area contributed by atoms with Crippen molar-refractivity contribution < 1.29 is 4.79 Å². The Hall–Kier alpha value is -2.37. The molecule has 24 heavy (non-hydrogen) atoms.